The molecule has 6 N–H and O–H groups in total. The van der Waals surface area contributed by atoms with Crippen molar-refractivity contribution in [2.24, 2.45) is 0 Å². The van der Waals surface area contributed by atoms with Crippen LogP contribution >= 0.6 is 0 Å². The van der Waals surface area contributed by atoms with Crippen LogP contribution in [0, 0.1) is 5.82 Å². The molecule has 5 rings (SSSR count). The van der Waals surface area contributed by atoms with Gasteiger partial charge in [-0.1, -0.05) is 6.07 Å². The normalized spacial score (nSPS) is 18.8. The molecule has 0 radical (unpaired) electrons. The van der Waals surface area contributed by atoms with Crippen molar-refractivity contribution in [3.63, 3.8) is 0 Å². The molecule has 46 heavy (non-hydrogen) atoms. The smallest absolute Gasteiger partial charge is 0.264 e. The van der Waals surface area contributed by atoms with Crippen LogP contribution in [0.2, 0.25) is 0 Å². The standard InChI is InChI=1S/C31H37FN6O8/c32-27-21(16-19(17-22(27)33)46-15-12-39)28(41)35-18-6-9-37(10-7-18)11-14-45-13-8-34-23-3-1-2-20-26(23)31(44)38(30(20)43)24-4-5-25(40)36-29(24)42/h1-3,16-18,24,34,39H,4-15,33H2,(H,35,41)(H,36,40,42). The zero-order valence-electron chi connectivity index (χ0n) is 25.2. The maximum Gasteiger partial charge on any atom is 0.264 e. The Bertz CT molecular complexity index is 1510. The van der Waals surface area contributed by atoms with Gasteiger partial charge in [0.1, 0.15) is 18.4 Å². The molecule has 1 unspecified atom stereocenters. The number of carbonyl (C=O) groups is 5. The third-order valence-corrected chi connectivity index (χ3v) is 8.18. The van der Waals surface area contributed by atoms with Gasteiger partial charge in [-0.3, -0.25) is 34.2 Å². The second-order valence-corrected chi connectivity index (χ2v) is 11.2. The highest BCUT2D eigenvalue weighted by molar-refractivity contribution is 6.25. The average Bonchev–Trinajstić information content (AvgIpc) is 3.29. The van der Waals surface area contributed by atoms with Crippen LogP contribution in [0.5, 0.6) is 5.75 Å². The Morgan fingerprint density at radius 2 is 1.85 bits per heavy atom. The maximum absolute atomic E-state index is 14.5. The van der Waals surface area contributed by atoms with Crippen LogP contribution in [-0.4, -0.2) is 109 Å². The predicted octanol–water partition coefficient (Wildman–Crippen LogP) is 0.503. The van der Waals surface area contributed by atoms with Gasteiger partial charge >= 0.3 is 0 Å². The van der Waals surface area contributed by atoms with Gasteiger partial charge < -0.3 is 35.8 Å². The van der Waals surface area contributed by atoms with Gasteiger partial charge in [-0.2, -0.15) is 0 Å². The summed E-state index contributed by atoms with van der Waals surface area (Å²) < 4.78 is 25.6. The van der Waals surface area contributed by atoms with E-state index >= 15 is 0 Å². The molecule has 0 saturated carbocycles. The molecule has 0 bridgehead atoms. The van der Waals surface area contributed by atoms with E-state index in [1.165, 1.54) is 12.1 Å². The number of imide groups is 2. The summed E-state index contributed by atoms with van der Waals surface area (Å²) in [5.74, 6) is -3.41. The first-order valence-corrected chi connectivity index (χ1v) is 15.2. The third kappa shape index (κ3) is 7.27. The van der Waals surface area contributed by atoms with Crippen molar-refractivity contribution in [3.05, 3.63) is 52.8 Å². The molecular formula is C31H37FN6O8. The summed E-state index contributed by atoms with van der Waals surface area (Å²) in [5, 5.41) is 17.1. The van der Waals surface area contributed by atoms with Crippen LogP contribution in [0.3, 0.4) is 0 Å². The van der Waals surface area contributed by atoms with Gasteiger partial charge in [0.05, 0.1) is 42.2 Å². The van der Waals surface area contributed by atoms with E-state index in [0.29, 0.717) is 57.9 Å². The number of hydrogen-bond donors (Lipinski definition) is 5. The Hall–Kier alpha value is -4.60. The zero-order chi connectivity index (χ0) is 32.8. The lowest BCUT2D eigenvalue weighted by Crippen LogP contribution is -2.54. The number of nitrogens with zero attached hydrogens (tertiary/aromatic N) is 2. The third-order valence-electron chi connectivity index (χ3n) is 8.18. The summed E-state index contributed by atoms with van der Waals surface area (Å²) in [6.45, 7) is 3.04. The van der Waals surface area contributed by atoms with Gasteiger partial charge in [0.15, 0.2) is 5.82 Å². The first-order chi connectivity index (χ1) is 22.2. The second-order valence-electron chi connectivity index (χ2n) is 11.2. The number of rotatable bonds is 13. The molecule has 246 valence electrons. The van der Waals surface area contributed by atoms with E-state index < -0.39 is 41.4 Å². The molecular weight excluding hydrogens is 603 g/mol. The van der Waals surface area contributed by atoms with E-state index in [2.05, 4.69) is 20.9 Å². The molecule has 0 aliphatic carbocycles. The number of fused-ring (bicyclic) bond motifs is 1. The number of nitrogens with one attached hydrogen (secondary N) is 3. The van der Waals surface area contributed by atoms with Crippen molar-refractivity contribution in [1.82, 2.24) is 20.4 Å². The summed E-state index contributed by atoms with van der Waals surface area (Å²) in [5.41, 5.74) is 6.14. The lowest BCUT2D eigenvalue weighted by molar-refractivity contribution is -0.136. The highest BCUT2D eigenvalue weighted by atomic mass is 19.1. The Morgan fingerprint density at radius 3 is 2.59 bits per heavy atom. The fraction of sp³-hybridized carbons (Fsp3) is 0.452. The molecule has 14 nitrogen and oxygen atoms in total. The first-order valence-electron chi connectivity index (χ1n) is 15.2. The number of nitrogens with two attached hydrogens (primary N) is 1. The number of carbonyl (C=O) groups excluding carboxylic acids is 5. The van der Waals surface area contributed by atoms with Crippen molar-refractivity contribution in [3.8, 4) is 5.75 Å². The highest BCUT2D eigenvalue weighted by Crippen LogP contribution is 2.32. The van der Waals surface area contributed by atoms with E-state index in [4.69, 9.17) is 20.3 Å². The molecule has 2 saturated heterocycles. The number of aliphatic hydroxyl groups excluding tert-OH is 1. The lowest BCUT2D eigenvalue weighted by Gasteiger charge is -2.32. The fourth-order valence-corrected chi connectivity index (χ4v) is 5.81. The number of amides is 5. The molecule has 2 aromatic carbocycles. The van der Waals surface area contributed by atoms with E-state index in [-0.39, 0.29) is 60.2 Å². The minimum absolute atomic E-state index is 0.00414. The summed E-state index contributed by atoms with van der Waals surface area (Å²) in [7, 11) is 0. The molecule has 3 aliphatic rings. The van der Waals surface area contributed by atoms with E-state index in [0.717, 1.165) is 4.90 Å². The van der Waals surface area contributed by atoms with E-state index in [1.54, 1.807) is 18.2 Å². The van der Waals surface area contributed by atoms with Crippen LogP contribution in [0.25, 0.3) is 0 Å². The quantitative estimate of drug-likeness (QED) is 0.116. The van der Waals surface area contributed by atoms with Gasteiger partial charge in [-0.15, -0.1) is 0 Å². The minimum Gasteiger partial charge on any atom is -0.491 e. The molecule has 0 aromatic heterocycles. The van der Waals surface area contributed by atoms with Crippen molar-refractivity contribution in [2.45, 2.75) is 37.8 Å². The van der Waals surface area contributed by atoms with Crippen LogP contribution in [0.4, 0.5) is 15.8 Å². The molecule has 0 spiro atoms. The predicted molar refractivity (Wildman–Crippen MR) is 163 cm³/mol. The Kier molecular flexibility index (Phi) is 10.4. The second kappa shape index (κ2) is 14.7. The van der Waals surface area contributed by atoms with E-state index in [1.807, 2.05) is 0 Å². The van der Waals surface area contributed by atoms with E-state index in [9.17, 15) is 28.4 Å². The Labute approximate surface area is 264 Å². The van der Waals surface area contributed by atoms with Crippen LogP contribution in [-0.2, 0) is 14.3 Å². The summed E-state index contributed by atoms with van der Waals surface area (Å²) in [6.07, 6.45) is 1.49. The lowest BCUT2D eigenvalue weighted by atomic mass is 10.0. The van der Waals surface area contributed by atoms with Crippen LogP contribution in [0.15, 0.2) is 30.3 Å². The number of nitrogen functional groups attached to an aromatic ring is 1. The highest BCUT2D eigenvalue weighted by Gasteiger charge is 2.45. The summed E-state index contributed by atoms with van der Waals surface area (Å²) in [4.78, 5) is 65.9. The van der Waals surface area contributed by atoms with Crippen molar-refractivity contribution in [2.75, 3.05) is 63.7 Å². The van der Waals surface area contributed by atoms with Crippen LogP contribution in [0.1, 0.15) is 56.8 Å². The monoisotopic (exact) mass is 640 g/mol. The molecule has 3 heterocycles. The van der Waals surface area contributed by atoms with Crippen molar-refractivity contribution in [1.29, 1.82) is 0 Å². The SMILES string of the molecule is Nc1cc(OCCO)cc(C(=O)NC2CCN(CCOCCNc3cccc4c3C(=O)N(C3CCC(=O)NC3=O)C4=O)CC2)c1F. The van der Waals surface area contributed by atoms with Gasteiger partial charge in [0.25, 0.3) is 17.7 Å². The van der Waals surface area contributed by atoms with Crippen molar-refractivity contribution >= 4 is 40.9 Å². The number of piperidine rings is 2. The number of aliphatic hydroxyl groups is 1. The van der Waals surface area contributed by atoms with Gasteiger partial charge in [-0.05, 0) is 37.5 Å². The first kappa shape index (κ1) is 32.8. The number of benzene rings is 2. The van der Waals surface area contributed by atoms with Crippen LogP contribution < -0.4 is 26.4 Å². The number of anilines is 2. The van der Waals surface area contributed by atoms with Gasteiger partial charge in [0.2, 0.25) is 11.8 Å². The molecule has 3 aliphatic heterocycles. The Morgan fingerprint density at radius 1 is 1.07 bits per heavy atom. The topological polar surface area (TPSA) is 193 Å². The van der Waals surface area contributed by atoms with Crippen molar-refractivity contribution < 1.29 is 42.9 Å². The molecule has 15 heteroatoms. The number of likely N-dealkylation sites (tertiary alicyclic amines) is 1. The number of hydrogen-bond acceptors (Lipinski definition) is 11. The largest absolute Gasteiger partial charge is 0.491 e. The fourth-order valence-electron chi connectivity index (χ4n) is 5.81. The zero-order valence-corrected chi connectivity index (χ0v) is 25.2. The van der Waals surface area contributed by atoms with Gasteiger partial charge in [0, 0.05) is 50.4 Å². The Balaban J connectivity index is 1.02. The summed E-state index contributed by atoms with van der Waals surface area (Å²) in [6, 6.07) is 6.27. The molecule has 2 aromatic rings. The number of halogens is 1. The summed E-state index contributed by atoms with van der Waals surface area (Å²) >= 11 is 0. The average molecular weight is 641 g/mol. The minimum atomic E-state index is -1.03. The maximum atomic E-state index is 14.5. The van der Waals surface area contributed by atoms with Gasteiger partial charge in [-0.25, -0.2) is 4.39 Å². The molecule has 5 amide bonds. The molecule has 2 fully saturated rings. The molecule has 1 atom stereocenters. The number of ether oxygens (including phenoxy) is 2.